The number of carbonyl (C=O) groups excluding carboxylic acids is 1. The minimum atomic E-state index is -5.30. The molecule has 0 aromatic rings. The summed E-state index contributed by atoms with van der Waals surface area (Å²) in [4.78, 5) is 12.3. The number of hydrogen-bond acceptors (Lipinski definition) is 3. The Morgan fingerprint density at radius 3 is 1.07 bits per heavy atom. The highest BCUT2D eigenvalue weighted by Gasteiger charge is 2.77. The summed E-state index contributed by atoms with van der Waals surface area (Å²) in [5, 5.41) is -1.68. The highest BCUT2D eigenvalue weighted by molar-refractivity contribution is 6.27. The third-order valence-electron chi connectivity index (χ3n) is 4.41. The van der Waals surface area contributed by atoms with E-state index in [4.69, 9.17) is 0 Å². The van der Waals surface area contributed by atoms with Gasteiger partial charge in [0, 0.05) is 0 Å². The molecule has 2 unspecified atom stereocenters. The van der Waals surface area contributed by atoms with Gasteiger partial charge in [0.15, 0.2) is 0 Å². The van der Waals surface area contributed by atoms with Crippen LogP contribution in [0.4, 0.5) is 35.1 Å². The summed E-state index contributed by atoms with van der Waals surface area (Å²) in [6, 6.07) is 0. The van der Waals surface area contributed by atoms with Crippen molar-refractivity contribution in [3.05, 3.63) is 0 Å². The summed E-state index contributed by atoms with van der Waals surface area (Å²) in [6.07, 6.45) is -2.76. The van der Waals surface area contributed by atoms with Crippen molar-refractivity contribution in [2.45, 2.75) is 52.0 Å². The minimum absolute atomic E-state index is 0.717. The average Bonchev–Trinajstić information content (AvgIpc) is 2.41. The van der Waals surface area contributed by atoms with Crippen LogP contribution in [0.25, 0.3) is 0 Å². The van der Waals surface area contributed by atoms with Crippen LogP contribution in [0, 0.1) is 11.8 Å². The lowest BCUT2D eigenvalue weighted by Gasteiger charge is -2.47. The van der Waals surface area contributed by atoms with Gasteiger partial charge in [-0.3, -0.25) is 4.79 Å². The van der Waals surface area contributed by atoms with Gasteiger partial charge in [-0.2, -0.15) is 35.1 Å². The molecule has 1 aliphatic carbocycles. The number of aliphatic hydroxyl groups is 2. The molecular formula is C12H10Cl4F8O3. The molecular weight excluding hydrogens is 486 g/mol. The maximum atomic E-state index is 13.5. The Bertz CT molecular complexity index is 505. The normalized spacial score (nSPS) is 24.3. The van der Waals surface area contributed by atoms with Gasteiger partial charge >= 0.3 is 21.5 Å². The standard InChI is InChI=1S/C12H10Cl4F8O3/c13-9(17,18)7(26,10(14,19)20)4-2-1-3-5(6(4)25)8(27,11(15,21)22)12(16,23)24/h4-5,26-27H,1-3H2. The summed E-state index contributed by atoms with van der Waals surface area (Å²) < 4.78 is 108. The molecule has 0 saturated heterocycles. The summed E-state index contributed by atoms with van der Waals surface area (Å²) in [5.41, 5.74) is -9.72. The van der Waals surface area contributed by atoms with Crippen molar-refractivity contribution in [2.24, 2.45) is 11.8 Å². The fraction of sp³-hybridized carbons (Fsp3) is 0.917. The second-order valence-electron chi connectivity index (χ2n) is 5.96. The van der Waals surface area contributed by atoms with Crippen LogP contribution in [0.1, 0.15) is 19.3 Å². The van der Waals surface area contributed by atoms with Crippen molar-refractivity contribution in [3.8, 4) is 0 Å². The lowest BCUT2D eigenvalue weighted by atomic mass is 9.66. The predicted molar refractivity (Wildman–Crippen MR) is 78.9 cm³/mol. The van der Waals surface area contributed by atoms with Crippen LogP contribution in [0.15, 0.2) is 0 Å². The van der Waals surface area contributed by atoms with E-state index in [1.165, 1.54) is 0 Å². The molecule has 160 valence electrons. The Hall–Kier alpha value is 0.190. The van der Waals surface area contributed by atoms with E-state index in [2.05, 4.69) is 46.4 Å². The lowest BCUT2D eigenvalue weighted by Crippen LogP contribution is -2.68. The Labute approximate surface area is 166 Å². The first kappa shape index (κ1) is 25.2. The molecule has 1 rings (SSSR count). The van der Waals surface area contributed by atoms with Crippen molar-refractivity contribution in [1.82, 2.24) is 0 Å². The maximum absolute atomic E-state index is 13.5. The molecule has 0 aromatic carbocycles. The van der Waals surface area contributed by atoms with Gasteiger partial charge in [0.25, 0.3) is 0 Å². The monoisotopic (exact) mass is 494 g/mol. The maximum Gasteiger partial charge on any atom is 0.357 e. The fourth-order valence-electron chi connectivity index (χ4n) is 2.99. The summed E-state index contributed by atoms with van der Waals surface area (Å²) in [6.45, 7) is 0. The first-order valence-corrected chi connectivity index (χ1v) is 8.40. The van der Waals surface area contributed by atoms with Crippen LogP contribution in [-0.2, 0) is 4.79 Å². The van der Waals surface area contributed by atoms with Crippen LogP contribution in [0.3, 0.4) is 0 Å². The summed E-state index contributed by atoms with van der Waals surface area (Å²) in [7, 11) is 0. The lowest BCUT2D eigenvalue weighted by molar-refractivity contribution is -0.263. The number of halogens is 12. The second kappa shape index (κ2) is 7.16. The Balaban J connectivity index is 3.58. The second-order valence-corrected chi connectivity index (χ2v) is 7.86. The topological polar surface area (TPSA) is 57.5 Å². The Morgan fingerprint density at radius 2 is 0.889 bits per heavy atom. The molecule has 15 heteroatoms. The van der Waals surface area contributed by atoms with E-state index in [9.17, 15) is 50.1 Å². The third kappa shape index (κ3) is 3.96. The van der Waals surface area contributed by atoms with E-state index < -0.39 is 69.6 Å². The molecule has 27 heavy (non-hydrogen) atoms. The molecule has 2 N–H and O–H groups in total. The van der Waals surface area contributed by atoms with Gasteiger partial charge in [0.05, 0.1) is 11.8 Å². The molecule has 0 spiro atoms. The third-order valence-corrected chi connectivity index (χ3v) is 5.56. The van der Waals surface area contributed by atoms with Crippen molar-refractivity contribution < 1.29 is 50.1 Å². The van der Waals surface area contributed by atoms with Gasteiger partial charge in [-0.1, -0.05) is 6.42 Å². The number of carbonyl (C=O) groups is 1. The highest BCUT2D eigenvalue weighted by atomic mass is 35.5. The first-order chi connectivity index (χ1) is 11.6. The Morgan fingerprint density at radius 1 is 0.667 bits per heavy atom. The van der Waals surface area contributed by atoms with Crippen molar-refractivity contribution in [1.29, 1.82) is 0 Å². The minimum Gasteiger partial charge on any atom is -0.376 e. The number of rotatable bonds is 6. The summed E-state index contributed by atoms with van der Waals surface area (Å²) >= 11 is 17.8. The fourth-order valence-corrected chi connectivity index (χ4v) is 4.09. The molecule has 0 radical (unpaired) electrons. The molecule has 2 atom stereocenters. The molecule has 0 aliphatic heterocycles. The van der Waals surface area contributed by atoms with E-state index in [0.29, 0.717) is 0 Å². The summed E-state index contributed by atoms with van der Waals surface area (Å²) in [5.74, 6) is -8.24. The molecule has 0 heterocycles. The van der Waals surface area contributed by atoms with E-state index in [-0.39, 0.29) is 0 Å². The van der Waals surface area contributed by atoms with Crippen molar-refractivity contribution in [2.75, 3.05) is 0 Å². The largest absolute Gasteiger partial charge is 0.376 e. The Kier molecular flexibility index (Phi) is 6.69. The molecule has 0 amide bonds. The van der Waals surface area contributed by atoms with Crippen molar-refractivity contribution >= 4 is 52.2 Å². The quantitative estimate of drug-likeness (QED) is 0.412. The number of alkyl halides is 12. The van der Waals surface area contributed by atoms with Crippen LogP contribution < -0.4 is 0 Å². The van der Waals surface area contributed by atoms with Crippen LogP contribution >= 0.6 is 46.4 Å². The van der Waals surface area contributed by atoms with Gasteiger partial charge in [-0.05, 0) is 59.2 Å². The average molecular weight is 496 g/mol. The molecule has 1 aliphatic rings. The zero-order chi connectivity index (χ0) is 21.9. The predicted octanol–water partition coefficient (Wildman–Crippen LogP) is 4.76. The first-order valence-electron chi connectivity index (χ1n) is 6.89. The van der Waals surface area contributed by atoms with Gasteiger partial charge in [-0.25, -0.2) is 0 Å². The van der Waals surface area contributed by atoms with E-state index in [0.717, 1.165) is 0 Å². The van der Waals surface area contributed by atoms with Crippen molar-refractivity contribution in [3.63, 3.8) is 0 Å². The molecule has 1 saturated carbocycles. The van der Waals surface area contributed by atoms with Crippen LogP contribution in [0.2, 0.25) is 0 Å². The smallest absolute Gasteiger partial charge is 0.357 e. The molecule has 0 aromatic heterocycles. The highest BCUT2D eigenvalue weighted by Crippen LogP contribution is 2.57. The number of Topliss-reactive ketones (excluding diaryl/α,β-unsaturated/α-hetero) is 1. The van der Waals surface area contributed by atoms with Gasteiger partial charge in [0.2, 0.25) is 11.2 Å². The number of ketones is 1. The van der Waals surface area contributed by atoms with Gasteiger partial charge in [-0.15, -0.1) is 0 Å². The van der Waals surface area contributed by atoms with Crippen LogP contribution in [0.5, 0.6) is 0 Å². The van der Waals surface area contributed by atoms with Crippen LogP contribution in [-0.4, -0.2) is 48.7 Å². The number of hydrogen-bond donors (Lipinski definition) is 2. The van der Waals surface area contributed by atoms with E-state index >= 15 is 0 Å². The zero-order valence-electron chi connectivity index (χ0n) is 12.6. The van der Waals surface area contributed by atoms with Gasteiger partial charge in [0.1, 0.15) is 5.78 Å². The molecule has 0 bridgehead atoms. The van der Waals surface area contributed by atoms with E-state index in [1.54, 1.807) is 0 Å². The zero-order valence-corrected chi connectivity index (χ0v) is 15.6. The molecule has 3 nitrogen and oxygen atoms in total. The SMILES string of the molecule is O=C1C(C(O)(C(F)(F)Cl)C(F)(F)Cl)CCCC1C(O)(C(F)(F)Cl)C(F)(F)Cl. The van der Waals surface area contributed by atoms with Gasteiger partial charge < -0.3 is 10.2 Å². The van der Waals surface area contributed by atoms with E-state index in [1.807, 2.05) is 0 Å². The molecule has 1 fully saturated rings.